The van der Waals surface area contributed by atoms with Crippen molar-refractivity contribution in [3.8, 4) is 11.5 Å². The Morgan fingerprint density at radius 1 is 1.09 bits per heavy atom. The average molecular weight is 565 g/mol. The van der Waals surface area contributed by atoms with E-state index < -0.39 is 37.7 Å². The molecular formula is C21H24BrClFN3O7. The molecule has 0 unspecified atom stereocenters. The molecule has 1 aromatic heterocycles. The van der Waals surface area contributed by atoms with Crippen molar-refractivity contribution >= 4 is 49.9 Å². The van der Waals surface area contributed by atoms with Crippen molar-refractivity contribution in [1.82, 2.24) is 9.97 Å². The lowest BCUT2D eigenvalue weighted by Crippen LogP contribution is -2.48. The molecule has 3 rings (SSSR count). The largest absolute Gasteiger partial charge is 0.493 e. The lowest BCUT2D eigenvalue weighted by molar-refractivity contribution is -0.0981. The van der Waals surface area contributed by atoms with Gasteiger partial charge in [-0.3, -0.25) is 0 Å². The number of aliphatic hydroxyl groups is 4. The number of hydrogen-bond donors (Lipinski definition) is 5. The molecule has 2 aromatic carbocycles. The van der Waals surface area contributed by atoms with E-state index in [0.29, 0.717) is 27.4 Å². The smallest absolute Gasteiger partial charge is 0.164 e. The average Bonchev–Trinajstić information content (AvgIpc) is 2.82. The van der Waals surface area contributed by atoms with Gasteiger partial charge in [0, 0.05) is 15.9 Å². The van der Waals surface area contributed by atoms with Crippen molar-refractivity contribution in [2.45, 2.75) is 24.5 Å². The van der Waals surface area contributed by atoms with Crippen LogP contribution < -0.4 is 14.8 Å². The number of methoxy groups -OCH3 is 1. The van der Waals surface area contributed by atoms with Crippen molar-refractivity contribution in [2.24, 2.45) is 0 Å². The normalized spacial score (nSPS) is 14.6. The van der Waals surface area contributed by atoms with Gasteiger partial charge in [-0.25, -0.2) is 14.4 Å². The topological polar surface area (TPSA) is 169 Å². The van der Waals surface area contributed by atoms with Gasteiger partial charge in [0.15, 0.2) is 23.8 Å². The molecule has 0 spiro atoms. The van der Waals surface area contributed by atoms with Crippen LogP contribution in [0.4, 0.5) is 15.9 Å². The van der Waals surface area contributed by atoms with E-state index in [9.17, 15) is 19.7 Å². The highest BCUT2D eigenvalue weighted by Crippen LogP contribution is 2.36. The molecule has 0 aliphatic carbocycles. The maximum absolute atomic E-state index is 13.6. The molecule has 0 fully saturated rings. The number of rotatable bonds is 10. The van der Waals surface area contributed by atoms with Crippen molar-refractivity contribution < 1.29 is 39.8 Å². The fraction of sp³-hybridized carbons (Fsp3) is 0.333. The fourth-order valence-electron chi connectivity index (χ4n) is 3.05. The first-order valence-corrected chi connectivity index (χ1v) is 10.9. The van der Waals surface area contributed by atoms with Crippen LogP contribution in [0.25, 0.3) is 10.9 Å². The summed E-state index contributed by atoms with van der Waals surface area (Å²) in [5.74, 6) is 0.730. The fourth-order valence-corrected chi connectivity index (χ4v) is 3.77. The van der Waals surface area contributed by atoms with Crippen LogP contribution in [0.1, 0.15) is 0 Å². The Balaban J connectivity index is 0.00000408. The molecule has 0 bridgehead atoms. The van der Waals surface area contributed by atoms with E-state index in [4.69, 9.17) is 26.2 Å². The number of hydrogen-bond acceptors (Lipinski definition) is 9. The Labute approximate surface area is 207 Å². The van der Waals surface area contributed by atoms with Crippen LogP contribution in [-0.2, 0) is 0 Å². The molecule has 0 saturated heterocycles. The first kappa shape index (κ1) is 27.9. The molecule has 34 heavy (non-hydrogen) atoms. The summed E-state index contributed by atoms with van der Waals surface area (Å²) in [7, 11) is 1.39. The number of nitrogens with one attached hydrogen (secondary N) is 1. The minimum atomic E-state index is -2.11. The van der Waals surface area contributed by atoms with Crippen LogP contribution >= 0.6 is 27.5 Å². The van der Waals surface area contributed by atoms with E-state index in [1.165, 1.54) is 19.5 Å². The first-order valence-electron chi connectivity index (χ1n) is 9.72. The van der Waals surface area contributed by atoms with Crippen LogP contribution in [0.5, 0.6) is 11.5 Å². The van der Waals surface area contributed by atoms with Gasteiger partial charge in [0.25, 0.3) is 0 Å². The van der Waals surface area contributed by atoms with E-state index in [1.54, 1.807) is 18.2 Å². The highest BCUT2D eigenvalue weighted by atomic mass is 79.9. The number of benzene rings is 2. The molecule has 0 aliphatic heterocycles. The lowest BCUT2D eigenvalue weighted by atomic mass is 10.0. The molecule has 4 atom stereocenters. The van der Waals surface area contributed by atoms with Crippen molar-refractivity contribution in [1.29, 1.82) is 0 Å². The van der Waals surface area contributed by atoms with E-state index in [-0.39, 0.29) is 17.0 Å². The maximum Gasteiger partial charge on any atom is 0.164 e. The summed E-state index contributed by atoms with van der Waals surface area (Å²) in [6, 6.07) is 8.40. The second kappa shape index (κ2) is 12.4. The van der Waals surface area contributed by atoms with Crippen LogP contribution in [-0.4, -0.2) is 80.7 Å². The number of halogens is 3. The summed E-state index contributed by atoms with van der Waals surface area (Å²) < 4.78 is 25.4. The number of fused-ring (bicyclic) bond motifs is 1. The number of ether oxygens (including phenoxy) is 2. The Hall–Kier alpha value is -2.32. The van der Waals surface area contributed by atoms with Gasteiger partial charge < -0.3 is 40.7 Å². The van der Waals surface area contributed by atoms with Gasteiger partial charge in [-0.2, -0.15) is 0 Å². The van der Waals surface area contributed by atoms with Gasteiger partial charge in [0.1, 0.15) is 24.4 Å². The molecule has 13 heteroatoms. The SMILES string of the molecule is COc1cc2c(Nc3ccc(Br)cc3Cl)ncnc2cc1O[C@H](CO)[C@H](O)[C@@H](O)[C@H](F)CO.O. The molecule has 0 saturated carbocycles. The van der Waals surface area contributed by atoms with Gasteiger partial charge in [0.05, 0.1) is 36.6 Å². The molecular weight excluding hydrogens is 541 g/mol. The van der Waals surface area contributed by atoms with Crippen molar-refractivity contribution in [3.05, 3.63) is 46.2 Å². The maximum atomic E-state index is 13.6. The van der Waals surface area contributed by atoms with Gasteiger partial charge in [0.2, 0.25) is 0 Å². The number of aliphatic hydroxyl groups excluding tert-OH is 4. The third kappa shape index (κ3) is 6.21. The molecule has 0 aliphatic rings. The van der Waals surface area contributed by atoms with Gasteiger partial charge in [-0.15, -0.1) is 0 Å². The van der Waals surface area contributed by atoms with Gasteiger partial charge in [-0.05, 0) is 24.3 Å². The summed E-state index contributed by atoms with van der Waals surface area (Å²) in [5.41, 5.74) is 1.04. The molecule has 186 valence electrons. The molecule has 3 aromatic rings. The van der Waals surface area contributed by atoms with E-state index in [0.717, 1.165) is 4.47 Å². The Bertz CT molecular complexity index is 1110. The predicted molar refractivity (Wildman–Crippen MR) is 128 cm³/mol. The highest BCUT2D eigenvalue weighted by Gasteiger charge is 2.34. The summed E-state index contributed by atoms with van der Waals surface area (Å²) in [4.78, 5) is 8.48. The monoisotopic (exact) mass is 563 g/mol. The third-order valence-corrected chi connectivity index (χ3v) is 5.65. The second-order valence-electron chi connectivity index (χ2n) is 7.01. The zero-order valence-electron chi connectivity index (χ0n) is 17.8. The lowest BCUT2D eigenvalue weighted by Gasteiger charge is -2.28. The minimum absolute atomic E-state index is 0. The summed E-state index contributed by atoms with van der Waals surface area (Å²) in [6.45, 7) is -1.74. The highest BCUT2D eigenvalue weighted by molar-refractivity contribution is 9.10. The third-order valence-electron chi connectivity index (χ3n) is 4.84. The number of alkyl halides is 1. The molecule has 0 radical (unpaired) electrons. The van der Waals surface area contributed by atoms with Crippen LogP contribution in [0, 0.1) is 0 Å². The van der Waals surface area contributed by atoms with Gasteiger partial charge >= 0.3 is 0 Å². The van der Waals surface area contributed by atoms with E-state index >= 15 is 0 Å². The first-order chi connectivity index (χ1) is 15.8. The molecule has 0 amide bonds. The van der Waals surface area contributed by atoms with Crippen LogP contribution in [0.2, 0.25) is 5.02 Å². The summed E-state index contributed by atoms with van der Waals surface area (Å²) in [5, 5.41) is 42.7. The Morgan fingerprint density at radius 2 is 1.82 bits per heavy atom. The van der Waals surface area contributed by atoms with E-state index in [2.05, 4.69) is 31.2 Å². The predicted octanol–water partition coefficient (Wildman–Crippen LogP) is 1.77. The number of aromatic nitrogens is 2. The quantitative estimate of drug-likeness (QED) is 0.246. The Morgan fingerprint density at radius 3 is 2.44 bits per heavy atom. The zero-order chi connectivity index (χ0) is 24.1. The summed E-state index contributed by atoms with van der Waals surface area (Å²) >= 11 is 9.64. The summed E-state index contributed by atoms with van der Waals surface area (Å²) in [6.07, 6.45) is -5.97. The van der Waals surface area contributed by atoms with Crippen LogP contribution in [0.15, 0.2) is 41.1 Å². The second-order valence-corrected chi connectivity index (χ2v) is 8.33. The van der Waals surface area contributed by atoms with Crippen molar-refractivity contribution in [2.75, 3.05) is 25.6 Å². The molecule has 7 N–H and O–H groups in total. The van der Waals surface area contributed by atoms with Crippen LogP contribution in [0.3, 0.4) is 0 Å². The molecule has 1 heterocycles. The van der Waals surface area contributed by atoms with Gasteiger partial charge in [-0.1, -0.05) is 27.5 Å². The zero-order valence-corrected chi connectivity index (χ0v) is 20.2. The number of anilines is 2. The molecule has 10 nitrogen and oxygen atoms in total. The van der Waals surface area contributed by atoms with E-state index in [1.807, 2.05) is 6.07 Å². The Kier molecular flexibility index (Phi) is 10.2. The van der Waals surface area contributed by atoms with Crippen molar-refractivity contribution in [3.63, 3.8) is 0 Å². The minimum Gasteiger partial charge on any atom is -0.493 e. The standard InChI is InChI=1S/C21H22BrClFN3O6.H2O/c1-32-16-5-11-15(6-17(16)33-18(8-29)20(31)19(30)13(24)7-28)25-9-26-21(11)27-14-3-2-10(22)4-12(14)23;/h2-6,9,13,18-20,28-31H,7-8H2,1H3,(H,25,26,27);1H2/t13-,18-,19+,20+;/m1./s1. The number of nitrogens with zero attached hydrogens (tertiary/aromatic N) is 2.